The van der Waals surface area contributed by atoms with E-state index in [0.717, 1.165) is 59.6 Å². The molecule has 0 bridgehead atoms. The van der Waals surface area contributed by atoms with E-state index < -0.39 is 5.76 Å². The molecule has 1 N–H and O–H groups in total. The average Bonchev–Trinajstić information content (AvgIpc) is 3.21. The first-order valence-electron chi connectivity index (χ1n) is 10.6. The van der Waals surface area contributed by atoms with E-state index in [1.807, 2.05) is 31.2 Å². The number of nitrogens with one attached hydrogen (secondary N) is 1. The van der Waals surface area contributed by atoms with E-state index in [9.17, 15) is 4.79 Å². The van der Waals surface area contributed by atoms with Crippen LogP contribution >= 0.6 is 0 Å². The number of H-pyrrole nitrogens is 1. The molecule has 0 saturated carbocycles. The van der Waals surface area contributed by atoms with Crippen LogP contribution in [0, 0.1) is 13.8 Å². The third kappa shape index (κ3) is 4.63. The lowest BCUT2D eigenvalue weighted by molar-refractivity contribution is 0.388. The Morgan fingerprint density at radius 3 is 2.39 bits per heavy atom. The summed E-state index contributed by atoms with van der Waals surface area (Å²) in [6, 6.07) is 16.3. The smallest absolute Gasteiger partial charge is 0.296 e. The second-order valence-corrected chi connectivity index (χ2v) is 7.75. The number of rotatable bonds is 7. The maximum atomic E-state index is 11.4. The Bertz CT molecular complexity index is 1240. The molecule has 2 heterocycles. The maximum Gasteiger partial charge on any atom is 0.439 e. The standard InChI is InChI=1S/C25H26N4O2/c1-4-5-10-23-22(16(2)26-17(3)27-23)15-18-11-13-19(14-12-18)20-8-6-7-9-21(20)24-28-25(30)31-29-24/h6-9,11-14H,4-5,10,15H2,1-3H3,(H,28,29,30). The predicted molar refractivity (Wildman–Crippen MR) is 121 cm³/mol. The van der Waals surface area contributed by atoms with Gasteiger partial charge in [-0.3, -0.25) is 9.51 Å². The van der Waals surface area contributed by atoms with Crippen LogP contribution in [0.1, 0.15) is 48.1 Å². The van der Waals surface area contributed by atoms with E-state index in [4.69, 9.17) is 4.98 Å². The summed E-state index contributed by atoms with van der Waals surface area (Å²) in [5.74, 6) is 0.706. The molecule has 0 amide bonds. The second-order valence-electron chi connectivity index (χ2n) is 7.75. The fourth-order valence-corrected chi connectivity index (χ4v) is 3.88. The zero-order chi connectivity index (χ0) is 21.8. The van der Waals surface area contributed by atoms with Gasteiger partial charge in [-0.1, -0.05) is 67.0 Å². The van der Waals surface area contributed by atoms with Gasteiger partial charge in [0, 0.05) is 23.4 Å². The van der Waals surface area contributed by atoms with Crippen molar-refractivity contribution in [2.45, 2.75) is 46.5 Å². The van der Waals surface area contributed by atoms with E-state index >= 15 is 0 Å². The zero-order valence-electron chi connectivity index (χ0n) is 18.1. The Kier molecular flexibility index (Phi) is 6.07. The Morgan fingerprint density at radius 1 is 0.968 bits per heavy atom. The maximum absolute atomic E-state index is 11.4. The molecule has 4 rings (SSSR count). The van der Waals surface area contributed by atoms with Crippen molar-refractivity contribution in [1.29, 1.82) is 0 Å². The van der Waals surface area contributed by atoms with Gasteiger partial charge in [-0.05, 0) is 48.9 Å². The van der Waals surface area contributed by atoms with E-state index in [0.29, 0.717) is 5.82 Å². The summed E-state index contributed by atoms with van der Waals surface area (Å²) in [5.41, 5.74) is 7.52. The number of aromatic nitrogens is 4. The summed E-state index contributed by atoms with van der Waals surface area (Å²) >= 11 is 0. The molecule has 31 heavy (non-hydrogen) atoms. The third-order valence-electron chi connectivity index (χ3n) is 5.45. The summed E-state index contributed by atoms with van der Waals surface area (Å²) in [4.78, 5) is 23.3. The van der Waals surface area contributed by atoms with Crippen molar-refractivity contribution in [3.05, 3.63) is 87.4 Å². The first-order chi connectivity index (χ1) is 15.0. The molecule has 0 saturated heterocycles. The van der Waals surface area contributed by atoms with Crippen LogP contribution in [0.25, 0.3) is 22.5 Å². The predicted octanol–water partition coefficient (Wildman–Crippen LogP) is 5.04. The highest BCUT2D eigenvalue weighted by Gasteiger charge is 2.13. The Labute approximate surface area is 181 Å². The molecule has 0 aliphatic heterocycles. The first kappa shape index (κ1) is 20.7. The minimum Gasteiger partial charge on any atom is -0.296 e. The van der Waals surface area contributed by atoms with Crippen LogP contribution in [0.2, 0.25) is 0 Å². The molecule has 0 radical (unpaired) electrons. The Balaban J connectivity index is 1.63. The normalized spacial score (nSPS) is 11.1. The van der Waals surface area contributed by atoms with Crippen molar-refractivity contribution in [3.63, 3.8) is 0 Å². The Hall–Kier alpha value is -3.54. The SMILES string of the molecule is CCCCc1nc(C)nc(C)c1Cc1ccc(-c2ccccc2-c2noc(=O)[nH]2)cc1. The molecule has 2 aromatic carbocycles. The average molecular weight is 415 g/mol. The van der Waals surface area contributed by atoms with Gasteiger partial charge in [0.15, 0.2) is 5.82 Å². The van der Waals surface area contributed by atoms with Crippen LogP contribution in [0.4, 0.5) is 0 Å². The van der Waals surface area contributed by atoms with Crippen LogP contribution in [-0.2, 0) is 12.8 Å². The molecule has 0 unspecified atom stereocenters. The summed E-state index contributed by atoms with van der Waals surface area (Å²) in [5, 5.41) is 3.84. The van der Waals surface area contributed by atoms with E-state index in [-0.39, 0.29) is 0 Å². The van der Waals surface area contributed by atoms with E-state index in [2.05, 4.69) is 57.8 Å². The van der Waals surface area contributed by atoms with Crippen LogP contribution in [0.3, 0.4) is 0 Å². The molecule has 6 heteroatoms. The second kappa shape index (κ2) is 9.08. The number of hydrogen-bond donors (Lipinski definition) is 1. The van der Waals surface area contributed by atoms with Gasteiger partial charge in [0.05, 0.1) is 0 Å². The van der Waals surface area contributed by atoms with Gasteiger partial charge in [0.2, 0.25) is 0 Å². The van der Waals surface area contributed by atoms with Crippen molar-refractivity contribution in [2.75, 3.05) is 0 Å². The molecule has 2 aromatic heterocycles. The van der Waals surface area contributed by atoms with Crippen molar-refractivity contribution in [2.24, 2.45) is 0 Å². The quantitative estimate of drug-likeness (QED) is 0.458. The van der Waals surface area contributed by atoms with Gasteiger partial charge in [0.1, 0.15) is 5.82 Å². The fraction of sp³-hybridized carbons (Fsp3) is 0.280. The molecule has 0 atom stereocenters. The highest BCUT2D eigenvalue weighted by Crippen LogP contribution is 2.30. The number of hydrogen-bond acceptors (Lipinski definition) is 5. The van der Waals surface area contributed by atoms with E-state index in [1.165, 1.54) is 11.1 Å². The number of benzene rings is 2. The summed E-state index contributed by atoms with van der Waals surface area (Å²) in [6.07, 6.45) is 4.07. The van der Waals surface area contributed by atoms with Crippen LogP contribution in [0.15, 0.2) is 57.8 Å². The van der Waals surface area contributed by atoms with Gasteiger partial charge >= 0.3 is 5.76 Å². The monoisotopic (exact) mass is 414 g/mol. The lowest BCUT2D eigenvalue weighted by Crippen LogP contribution is -2.07. The van der Waals surface area contributed by atoms with Gasteiger partial charge in [-0.15, -0.1) is 0 Å². The number of unbranched alkanes of at least 4 members (excludes halogenated alkanes) is 1. The van der Waals surface area contributed by atoms with E-state index in [1.54, 1.807) is 0 Å². The van der Waals surface area contributed by atoms with Crippen molar-refractivity contribution in [3.8, 4) is 22.5 Å². The topological polar surface area (TPSA) is 84.7 Å². The van der Waals surface area contributed by atoms with Gasteiger partial charge in [0.25, 0.3) is 0 Å². The highest BCUT2D eigenvalue weighted by atomic mass is 16.5. The molecule has 6 nitrogen and oxygen atoms in total. The third-order valence-corrected chi connectivity index (χ3v) is 5.45. The fourth-order valence-electron chi connectivity index (χ4n) is 3.88. The zero-order valence-corrected chi connectivity index (χ0v) is 18.1. The Morgan fingerprint density at radius 2 is 1.71 bits per heavy atom. The summed E-state index contributed by atoms with van der Waals surface area (Å²) < 4.78 is 4.68. The molecule has 4 aromatic rings. The molecular weight excluding hydrogens is 388 g/mol. The van der Waals surface area contributed by atoms with Crippen LogP contribution in [-0.4, -0.2) is 20.1 Å². The van der Waals surface area contributed by atoms with Gasteiger partial charge in [-0.2, -0.15) is 0 Å². The first-order valence-corrected chi connectivity index (χ1v) is 10.6. The van der Waals surface area contributed by atoms with Crippen LogP contribution in [0.5, 0.6) is 0 Å². The summed E-state index contributed by atoms with van der Waals surface area (Å²) in [6.45, 7) is 6.23. The van der Waals surface area contributed by atoms with Crippen molar-refractivity contribution >= 4 is 0 Å². The minimum atomic E-state index is -0.560. The largest absolute Gasteiger partial charge is 0.439 e. The van der Waals surface area contributed by atoms with Crippen molar-refractivity contribution < 1.29 is 4.52 Å². The van der Waals surface area contributed by atoms with Crippen molar-refractivity contribution in [1.82, 2.24) is 20.1 Å². The molecule has 0 aliphatic rings. The molecular formula is C25H26N4O2. The lowest BCUT2D eigenvalue weighted by atomic mass is 9.95. The molecule has 0 fully saturated rings. The lowest BCUT2D eigenvalue weighted by Gasteiger charge is -2.13. The minimum absolute atomic E-state index is 0.428. The molecule has 0 spiro atoms. The number of aryl methyl sites for hydroxylation is 3. The van der Waals surface area contributed by atoms with Gasteiger partial charge in [-0.25, -0.2) is 14.8 Å². The van der Waals surface area contributed by atoms with Gasteiger partial charge < -0.3 is 0 Å². The summed E-state index contributed by atoms with van der Waals surface area (Å²) in [7, 11) is 0. The van der Waals surface area contributed by atoms with Crippen LogP contribution < -0.4 is 5.76 Å². The highest BCUT2D eigenvalue weighted by molar-refractivity contribution is 5.80. The molecule has 0 aliphatic carbocycles. The number of nitrogens with zero attached hydrogens (tertiary/aromatic N) is 3. The molecule has 158 valence electrons. The number of aromatic amines is 1.